The molecular weight excluding hydrogens is 420 g/mol. The molecule has 3 rings (SSSR count). The van der Waals surface area contributed by atoms with Crippen LogP contribution in [0, 0.1) is 0 Å². The largest absolute Gasteiger partial charge is 0.493 e. The molecule has 1 unspecified atom stereocenters. The number of carbonyl (C=O) groups is 1. The van der Waals surface area contributed by atoms with E-state index >= 15 is 0 Å². The van der Waals surface area contributed by atoms with Crippen LogP contribution < -0.4 is 4.74 Å². The van der Waals surface area contributed by atoms with Gasteiger partial charge in [-0.3, -0.25) is 4.98 Å². The summed E-state index contributed by atoms with van der Waals surface area (Å²) >= 11 is 3.36. The molecule has 0 fully saturated rings. The van der Waals surface area contributed by atoms with Crippen LogP contribution in [0.1, 0.15) is 29.8 Å². The first-order valence-electron chi connectivity index (χ1n) is 9.26. The lowest BCUT2D eigenvalue weighted by atomic mass is 10.1. The molecule has 0 radical (unpaired) electrons. The van der Waals surface area contributed by atoms with Gasteiger partial charge in [0.05, 0.1) is 6.61 Å². The third-order valence-electron chi connectivity index (χ3n) is 4.60. The highest BCUT2D eigenvalue weighted by atomic mass is 79.9. The summed E-state index contributed by atoms with van der Waals surface area (Å²) in [6.45, 7) is 2.66. The molecule has 0 aliphatic rings. The minimum absolute atomic E-state index is 0.407. The van der Waals surface area contributed by atoms with Crippen molar-refractivity contribution in [1.82, 2.24) is 9.55 Å². The van der Waals surface area contributed by atoms with E-state index in [9.17, 15) is 9.90 Å². The predicted molar refractivity (Wildman–Crippen MR) is 112 cm³/mol. The molecule has 1 atom stereocenters. The molecule has 1 aromatic carbocycles. The van der Waals surface area contributed by atoms with Crippen LogP contribution in [0.4, 0.5) is 0 Å². The fourth-order valence-corrected chi connectivity index (χ4v) is 3.29. The summed E-state index contributed by atoms with van der Waals surface area (Å²) in [5, 5.41) is 9.54. The van der Waals surface area contributed by atoms with Crippen LogP contribution in [0.15, 0.2) is 65.5 Å². The molecule has 28 heavy (non-hydrogen) atoms. The fraction of sp³-hybridized carbons (Fsp3) is 0.273. The van der Waals surface area contributed by atoms with Gasteiger partial charge in [0.15, 0.2) is 0 Å². The van der Waals surface area contributed by atoms with E-state index in [0.717, 1.165) is 34.3 Å². The second kappa shape index (κ2) is 9.55. The highest BCUT2D eigenvalue weighted by Gasteiger charge is 2.19. The standard InChI is InChI=1S/C22H23BrN2O3/c1-2-16-3-6-19(24-14-16)10-12-28-20-7-4-17(5-8-20)13-21(22(26)27)25-11-9-18(23)15-25/h3-9,11,14-15,21H,2,10,12-13H2,1H3,(H,26,27). The Morgan fingerprint density at radius 2 is 1.93 bits per heavy atom. The summed E-state index contributed by atoms with van der Waals surface area (Å²) in [6.07, 6.45) is 7.59. The molecule has 0 aliphatic heterocycles. The summed E-state index contributed by atoms with van der Waals surface area (Å²) in [5.41, 5.74) is 3.18. The number of aliphatic carboxylic acids is 1. The van der Waals surface area contributed by atoms with Crippen molar-refractivity contribution < 1.29 is 14.6 Å². The maximum Gasteiger partial charge on any atom is 0.327 e. The van der Waals surface area contributed by atoms with Crippen LogP contribution >= 0.6 is 15.9 Å². The monoisotopic (exact) mass is 442 g/mol. The lowest BCUT2D eigenvalue weighted by Crippen LogP contribution is -2.20. The summed E-state index contributed by atoms with van der Waals surface area (Å²) in [5.74, 6) is -0.0884. The molecule has 0 saturated heterocycles. The number of carboxylic acids is 1. The van der Waals surface area contributed by atoms with Gasteiger partial charge in [0, 0.05) is 41.6 Å². The zero-order valence-electron chi connectivity index (χ0n) is 15.7. The number of hydrogen-bond acceptors (Lipinski definition) is 3. The highest BCUT2D eigenvalue weighted by molar-refractivity contribution is 9.10. The Kier molecular flexibility index (Phi) is 6.87. The van der Waals surface area contributed by atoms with Crippen LogP contribution in [0.5, 0.6) is 5.75 Å². The molecule has 0 aliphatic carbocycles. The van der Waals surface area contributed by atoms with E-state index in [1.54, 1.807) is 17.0 Å². The topological polar surface area (TPSA) is 64.3 Å². The maximum atomic E-state index is 11.6. The Morgan fingerprint density at radius 1 is 1.18 bits per heavy atom. The van der Waals surface area contributed by atoms with Crippen molar-refractivity contribution in [3.8, 4) is 5.75 Å². The van der Waals surface area contributed by atoms with Crippen molar-refractivity contribution in [3.63, 3.8) is 0 Å². The van der Waals surface area contributed by atoms with Gasteiger partial charge in [-0.25, -0.2) is 4.79 Å². The van der Waals surface area contributed by atoms with Crippen molar-refractivity contribution in [1.29, 1.82) is 0 Å². The molecule has 6 heteroatoms. The molecule has 0 spiro atoms. The van der Waals surface area contributed by atoms with Gasteiger partial charge >= 0.3 is 5.97 Å². The molecule has 0 bridgehead atoms. The smallest absolute Gasteiger partial charge is 0.327 e. The number of hydrogen-bond donors (Lipinski definition) is 1. The van der Waals surface area contributed by atoms with E-state index < -0.39 is 12.0 Å². The Hall–Kier alpha value is -2.60. The van der Waals surface area contributed by atoms with E-state index in [2.05, 4.69) is 33.9 Å². The van der Waals surface area contributed by atoms with Gasteiger partial charge in [0.2, 0.25) is 0 Å². The number of rotatable bonds is 9. The highest BCUT2D eigenvalue weighted by Crippen LogP contribution is 2.21. The van der Waals surface area contributed by atoms with Crippen molar-refractivity contribution in [2.24, 2.45) is 0 Å². The van der Waals surface area contributed by atoms with E-state index in [1.807, 2.05) is 42.6 Å². The molecule has 2 heterocycles. The number of ether oxygens (including phenoxy) is 1. The Balaban J connectivity index is 1.54. The summed E-state index contributed by atoms with van der Waals surface area (Å²) in [4.78, 5) is 16.1. The number of benzene rings is 1. The minimum Gasteiger partial charge on any atom is -0.493 e. The molecule has 0 amide bonds. The van der Waals surface area contributed by atoms with E-state index in [0.29, 0.717) is 13.0 Å². The average Bonchev–Trinajstić information content (AvgIpc) is 3.13. The lowest BCUT2D eigenvalue weighted by molar-refractivity contribution is -0.140. The van der Waals surface area contributed by atoms with Crippen molar-refractivity contribution >= 4 is 21.9 Å². The van der Waals surface area contributed by atoms with E-state index in [-0.39, 0.29) is 0 Å². The molecule has 146 valence electrons. The van der Waals surface area contributed by atoms with Crippen LogP contribution in [-0.2, 0) is 24.1 Å². The summed E-state index contributed by atoms with van der Waals surface area (Å²) < 4.78 is 8.36. The van der Waals surface area contributed by atoms with E-state index in [1.165, 1.54) is 5.56 Å². The van der Waals surface area contributed by atoms with Gasteiger partial charge in [-0.2, -0.15) is 0 Å². The summed E-state index contributed by atoms with van der Waals surface area (Å²) in [6, 6.07) is 12.9. The van der Waals surface area contributed by atoms with Gasteiger partial charge in [-0.1, -0.05) is 25.1 Å². The van der Waals surface area contributed by atoms with Crippen LogP contribution in [0.2, 0.25) is 0 Å². The van der Waals surface area contributed by atoms with Crippen molar-refractivity contribution in [2.45, 2.75) is 32.2 Å². The Bertz CT molecular complexity index is 904. The molecular formula is C22H23BrN2O3. The normalized spacial score (nSPS) is 11.9. The first-order chi connectivity index (χ1) is 13.5. The molecule has 1 N–H and O–H groups in total. The number of aromatic nitrogens is 2. The van der Waals surface area contributed by atoms with Crippen LogP contribution in [-0.4, -0.2) is 27.2 Å². The van der Waals surface area contributed by atoms with Crippen molar-refractivity contribution in [3.05, 3.63) is 82.3 Å². The lowest BCUT2D eigenvalue weighted by Gasteiger charge is -2.15. The Labute approximate surface area is 173 Å². The van der Waals surface area contributed by atoms with Gasteiger partial charge in [0.1, 0.15) is 11.8 Å². The molecule has 3 aromatic rings. The second-order valence-electron chi connectivity index (χ2n) is 6.59. The first kappa shape index (κ1) is 20.1. The SMILES string of the molecule is CCc1ccc(CCOc2ccc(CC(C(=O)O)n3ccc(Br)c3)cc2)nc1. The number of carboxylic acid groups (broad SMARTS) is 1. The van der Waals surface area contributed by atoms with Gasteiger partial charge in [-0.15, -0.1) is 0 Å². The quantitative estimate of drug-likeness (QED) is 0.521. The van der Waals surface area contributed by atoms with Crippen molar-refractivity contribution in [2.75, 3.05) is 6.61 Å². The number of aryl methyl sites for hydroxylation is 1. The number of pyridine rings is 1. The second-order valence-corrected chi connectivity index (χ2v) is 7.50. The molecule has 2 aromatic heterocycles. The van der Waals surface area contributed by atoms with Gasteiger partial charge in [0.25, 0.3) is 0 Å². The third-order valence-corrected chi connectivity index (χ3v) is 5.07. The fourth-order valence-electron chi connectivity index (χ4n) is 2.93. The number of nitrogens with zero attached hydrogens (tertiary/aromatic N) is 2. The molecule has 0 saturated carbocycles. The average molecular weight is 443 g/mol. The van der Waals surface area contributed by atoms with Gasteiger partial charge in [-0.05, 0) is 57.7 Å². The van der Waals surface area contributed by atoms with Crippen LogP contribution in [0.3, 0.4) is 0 Å². The zero-order valence-corrected chi connectivity index (χ0v) is 17.3. The zero-order chi connectivity index (χ0) is 19.9. The van der Waals surface area contributed by atoms with Gasteiger partial charge < -0.3 is 14.4 Å². The predicted octanol–water partition coefficient (Wildman–Crippen LogP) is 4.70. The number of halogens is 1. The first-order valence-corrected chi connectivity index (χ1v) is 10.1. The third kappa shape index (κ3) is 5.45. The summed E-state index contributed by atoms with van der Waals surface area (Å²) in [7, 11) is 0. The minimum atomic E-state index is -0.856. The maximum absolute atomic E-state index is 11.6. The van der Waals surface area contributed by atoms with Crippen LogP contribution in [0.25, 0.3) is 0 Å². The van der Waals surface area contributed by atoms with E-state index in [4.69, 9.17) is 4.74 Å². The molecule has 5 nitrogen and oxygen atoms in total. The Morgan fingerprint density at radius 3 is 2.50 bits per heavy atom.